The van der Waals surface area contributed by atoms with E-state index in [1.54, 1.807) is 28.8 Å². The Hall–Kier alpha value is -2.57. The van der Waals surface area contributed by atoms with Crippen LogP contribution in [0.25, 0.3) is 0 Å². The minimum atomic E-state index is -0.377. The fourth-order valence-electron chi connectivity index (χ4n) is 2.84. The van der Waals surface area contributed by atoms with Gasteiger partial charge in [0.05, 0.1) is 19.3 Å². The summed E-state index contributed by atoms with van der Waals surface area (Å²) in [5, 5.41) is 7.07. The van der Waals surface area contributed by atoms with E-state index in [9.17, 15) is 9.18 Å². The minimum Gasteiger partial charge on any atom is -0.480 e. The average molecular weight is 318 g/mol. The van der Waals surface area contributed by atoms with Crippen molar-refractivity contribution >= 4 is 11.7 Å². The number of amides is 2. The summed E-state index contributed by atoms with van der Waals surface area (Å²) in [4.78, 5) is 14.2. The second-order valence-corrected chi connectivity index (χ2v) is 5.52. The third-order valence-electron chi connectivity index (χ3n) is 3.99. The molecule has 2 heterocycles. The molecule has 0 spiro atoms. The Kier molecular flexibility index (Phi) is 4.18. The summed E-state index contributed by atoms with van der Waals surface area (Å²) in [7, 11) is 3.44. The van der Waals surface area contributed by atoms with Crippen molar-refractivity contribution in [2.45, 2.75) is 19.4 Å². The molecule has 1 aliphatic heterocycles. The van der Waals surface area contributed by atoms with Crippen molar-refractivity contribution in [2.75, 3.05) is 19.0 Å². The highest BCUT2D eigenvalue weighted by atomic mass is 19.1. The predicted molar refractivity (Wildman–Crippen MR) is 83.9 cm³/mol. The van der Waals surface area contributed by atoms with Gasteiger partial charge >= 0.3 is 6.03 Å². The number of hydrogen-bond donors (Lipinski definition) is 1. The van der Waals surface area contributed by atoms with Crippen molar-refractivity contribution in [2.24, 2.45) is 7.05 Å². The Morgan fingerprint density at radius 2 is 2.26 bits per heavy atom. The Balaban J connectivity index is 1.78. The van der Waals surface area contributed by atoms with Gasteiger partial charge in [-0.1, -0.05) is 6.07 Å². The number of urea groups is 1. The largest absolute Gasteiger partial charge is 0.480 e. The van der Waals surface area contributed by atoms with Gasteiger partial charge in [-0.05, 0) is 31.0 Å². The van der Waals surface area contributed by atoms with Crippen molar-refractivity contribution in [3.05, 3.63) is 41.3 Å². The third-order valence-corrected chi connectivity index (χ3v) is 3.99. The fraction of sp³-hybridized carbons (Fsp3) is 0.375. The first-order valence-electron chi connectivity index (χ1n) is 7.48. The Morgan fingerprint density at radius 3 is 3.00 bits per heavy atom. The monoisotopic (exact) mass is 318 g/mol. The molecule has 0 unspecified atom stereocenters. The van der Waals surface area contributed by atoms with Gasteiger partial charge in [0.1, 0.15) is 5.82 Å². The molecule has 7 heteroatoms. The first kappa shape index (κ1) is 15.3. The first-order chi connectivity index (χ1) is 11.1. The molecule has 2 aromatic rings. The van der Waals surface area contributed by atoms with E-state index in [4.69, 9.17) is 4.74 Å². The van der Waals surface area contributed by atoms with Crippen LogP contribution in [0.1, 0.15) is 17.7 Å². The lowest BCUT2D eigenvalue weighted by molar-refractivity contribution is 0.208. The zero-order chi connectivity index (χ0) is 16.4. The number of rotatable bonds is 2. The van der Waals surface area contributed by atoms with Crippen LogP contribution in [0, 0.1) is 5.82 Å². The zero-order valence-electron chi connectivity index (χ0n) is 13.2. The van der Waals surface area contributed by atoms with E-state index in [0.29, 0.717) is 24.7 Å². The number of anilines is 1. The van der Waals surface area contributed by atoms with Gasteiger partial charge in [-0.25, -0.2) is 9.18 Å². The summed E-state index contributed by atoms with van der Waals surface area (Å²) in [5.41, 5.74) is 2.46. The smallest absolute Gasteiger partial charge is 0.322 e. The molecule has 0 saturated heterocycles. The van der Waals surface area contributed by atoms with Crippen LogP contribution >= 0.6 is 0 Å². The maximum absolute atomic E-state index is 13.2. The molecule has 0 fully saturated rings. The van der Waals surface area contributed by atoms with E-state index in [1.165, 1.54) is 12.1 Å². The molecule has 1 aliphatic rings. The number of aryl methyl sites for hydroxylation is 1. The maximum atomic E-state index is 13.2. The summed E-state index contributed by atoms with van der Waals surface area (Å²) in [6, 6.07) is 5.63. The summed E-state index contributed by atoms with van der Waals surface area (Å²) in [6.45, 7) is 1.07. The minimum absolute atomic E-state index is 0.247. The van der Waals surface area contributed by atoms with Crippen LogP contribution in [0.3, 0.4) is 0 Å². The van der Waals surface area contributed by atoms with Crippen LogP contribution in [0.2, 0.25) is 0 Å². The van der Waals surface area contributed by atoms with Crippen molar-refractivity contribution in [1.29, 1.82) is 0 Å². The van der Waals surface area contributed by atoms with Gasteiger partial charge in [-0.3, -0.25) is 4.68 Å². The standard InChI is InChI=1S/C16H19FN4O2/c1-20-14-10-21(8-4-7-13(14)15(19-20)23-2)16(22)18-12-6-3-5-11(17)9-12/h3,5-6,9H,4,7-8,10H2,1-2H3,(H,18,22). The molecule has 0 bridgehead atoms. The first-order valence-corrected chi connectivity index (χ1v) is 7.48. The molecule has 1 aromatic carbocycles. The molecule has 0 atom stereocenters. The number of benzene rings is 1. The molecule has 2 amide bonds. The quantitative estimate of drug-likeness (QED) is 0.926. The average Bonchev–Trinajstić information content (AvgIpc) is 2.71. The SMILES string of the molecule is COc1nn(C)c2c1CCCN(C(=O)Nc1cccc(F)c1)C2. The van der Waals surface area contributed by atoms with E-state index in [2.05, 4.69) is 10.4 Å². The number of carbonyl (C=O) groups is 1. The molecule has 1 N–H and O–H groups in total. The van der Waals surface area contributed by atoms with Crippen LogP contribution in [0.4, 0.5) is 14.9 Å². The van der Waals surface area contributed by atoms with E-state index in [0.717, 1.165) is 24.1 Å². The highest BCUT2D eigenvalue weighted by Gasteiger charge is 2.25. The molecular formula is C16H19FN4O2. The molecule has 0 saturated carbocycles. The Morgan fingerprint density at radius 1 is 1.43 bits per heavy atom. The van der Waals surface area contributed by atoms with Crippen LogP contribution in [0.5, 0.6) is 5.88 Å². The zero-order valence-corrected chi connectivity index (χ0v) is 13.2. The summed E-state index contributed by atoms with van der Waals surface area (Å²) < 4.78 is 20.3. The topological polar surface area (TPSA) is 59.4 Å². The lowest BCUT2D eigenvalue weighted by Crippen LogP contribution is -2.35. The number of ether oxygens (including phenoxy) is 1. The van der Waals surface area contributed by atoms with Gasteiger partial charge in [0.15, 0.2) is 0 Å². The molecule has 122 valence electrons. The molecule has 3 rings (SSSR count). The number of halogens is 1. The highest BCUT2D eigenvalue weighted by Crippen LogP contribution is 2.26. The lowest BCUT2D eigenvalue weighted by Gasteiger charge is -2.21. The Bertz CT molecular complexity index is 729. The Labute approximate surface area is 133 Å². The number of fused-ring (bicyclic) bond motifs is 1. The number of aromatic nitrogens is 2. The van der Waals surface area contributed by atoms with Gasteiger partial charge in [-0.2, -0.15) is 0 Å². The summed E-state index contributed by atoms with van der Waals surface area (Å²) in [6.07, 6.45) is 1.64. The van der Waals surface area contributed by atoms with E-state index < -0.39 is 0 Å². The fourth-order valence-corrected chi connectivity index (χ4v) is 2.84. The highest BCUT2D eigenvalue weighted by molar-refractivity contribution is 5.89. The second-order valence-electron chi connectivity index (χ2n) is 5.52. The number of nitrogens with zero attached hydrogens (tertiary/aromatic N) is 3. The van der Waals surface area contributed by atoms with Crippen molar-refractivity contribution in [1.82, 2.24) is 14.7 Å². The van der Waals surface area contributed by atoms with Gasteiger partial charge in [0.2, 0.25) is 5.88 Å². The van der Waals surface area contributed by atoms with Crippen molar-refractivity contribution < 1.29 is 13.9 Å². The predicted octanol–water partition coefficient (Wildman–Crippen LogP) is 2.55. The van der Waals surface area contributed by atoms with Crippen LogP contribution in [-0.4, -0.2) is 34.4 Å². The lowest BCUT2D eigenvalue weighted by atomic mass is 10.1. The normalized spacial score (nSPS) is 14.1. The van der Waals surface area contributed by atoms with E-state index in [1.807, 2.05) is 7.05 Å². The van der Waals surface area contributed by atoms with Gasteiger partial charge in [0.25, 0.3) is 0 Å². The van der Waals surface area contributed by atoms with Gasteiger partial charge in [0, 0.05) is 24.8 Å². The number of hydrogen-bond acceptors (Lipinski definition) is 3. The number of nitrogens with one attached hydrogen (secondary N) is 1. The van der Waals surface area contributed by atoms with Crippen LogP contribution < -0.4 is 10.1 Å². The summed E-state index contributed by atoms with van der Waals surface area (Å²) in [5.74, 6) is 0.243. The molecular weight excluding hydrogens is 299 g/mol. The van der Waals surface area contributed by atoms with Gasteiger partial charge < -0.3 is 15.0 Å². The second kappa shape index (κ2) is 6.28. The summed E-state index contributed by atoms with van der Waals surface area (Å²) >= 11 is 0. The molecule has 6 nitrogen and oxygen atoms in total. The van der Waals surface area contributed by atoms with Crippen LogP contribution in [-0.2, 0) is 20.0 Å². The maximum Gasteiger partial charge on any atom is 0.322 e. The van der Waals surface area contributed by atoms with E-state index >= 15 is 0 Å². The number of methoxy groups -OCH3 is 1. The van der Waals surface area contributed by atoms with Crippen LogP contribution in [0.15, 0.2) is 24.3 Å². The molecule has 23 heavy (non-hydrogen) atoms. The molecule has 1 aromatic heterocycles. The van der Waals surface area contributed by atoms with Crippen molar-refractivity contribution in [3.8, 4) is 5.88 Å². The molecule has 0 radical (unpaired) electrons. The molecule has 0 aliphatic carbocycles. The van der Waals surface area contributed by atoms with E-state index in [-0.39, 0.29) is 11.8 Å². The van der Waals surface area contributed by atoms with Gasteiger partial charge in [-0.15, -0.1) is 5.10 Å². The number of carbonyl (C=O) groups excluding carboxylic acids is 1. The third kappa shape index (κ3) is 3.13. The van der Waals surface area contributed by atoms with Crippen molar-refractivity contribution in [3.63, 3.8) is 0 Å².